The van der Waals surface area contributed by atoms with Gasteiger partial charge in [-0.1, -0.05) is 36.8 Å². The lowest BCUT2D eigenvalue weighted by molar-refractivity contribution is -0.133. The number of hydrogen-bond donors (Lipinski definition) is 6. The minimum absolute atomic E-state index is 0.0132. The van der Waals surface area contributed by atoms with Crippen LogP contribution in [0.3, 0.4) is 0 Å². The summed E-state index contributed by atoms with van der Waals surface area (Å²) in [4.78, 5) is 51.0. The number of hydrogen-bond acceptors (Lipinski definition) is 7. The van der Waals surface area contributed by atoms with E-state index < -0.39 is 35.7 Å². The quantitative estimate of drug-likeness (QED) is 0.243. The monoisotopic (exact) mass is 489 g/mol. The van der Waals surface area contributed by atoms with Crippen molar-refractivity contribution in [3.05, 3.63) is 35.9 Å². The average molecular weight is 490 g/mol. The molecular formula is C24H35N5O6. The highest BCUT2D eigenvalue weighted by molar-refractivity contribution is 5.86. The molecule has 0 spiro atoms. The molecule has 0 aliphatic carbocycles. The summed E-state index contributed by atoms with van der Waals surface area (Å²) in [6, 6.07) is 8.29. The van der Waals surface area contributed by atoms with E-state index in [1.165, 1.54) is 0 Å². The fraction of sp³-hybridized carbons (Fsp3) is 0.583. The van der Waals surface area contributed by atoms with Gasteiger partial charge in [-0.15, -0.1) is 0 Å². The van der Waals surface area contributed by atoms with Crippen molar-refractivity contribution >= 4 is 23.7 Å². The minimum Gasteiger partial charge on any atom is -0.465 e. The summed E-state index contributed by atoms with van der Waals surface area (Å²) < 4.78 is 0. The maximum atomic E-state index is 12.9. The molecule has 2 fully saturated rings. The van der Waals surface area contributed by atoms with Crippen LogP contribution in [-0.2, 0) is 20.8 Å². The first-order valence-electron chi connectivity index (χ1n) is 12.0. The van der Waals surface area contributed by atoms with E-state index in [-0.39, 0.29) is 44.2 Å². The Morgan fingerprint density at radius 3 is 2.54 bits per heavy atom. The van der Waals surface area contributed by atoms with Gasteiger partial charge in [0, 0.05) is 18.9 Å². The first-order valence-corrected chi connectivity index (χ1v) is 12.0. The van der Waals surface area contributed by atoms with E-state index in [0.29, 0.717) is 12.8 Å². The summed E-state index contributed by atoms with van der Waals surface area (Å²) in [5.41, 5.74) is 4.93. The van der Waals surface area contributed by atoms with E-state index in [1.807, 2.05) is 30.3 Å². The molecule has 2 heterocycles. The van der Waals surface area contributed by atoms with Crippen molar-refractivity contribution in [2.24, 2.45) is 5.73 Å². The van der Waals surface area contributed by atoms with Crippen molar-refractivity contribution in [1.29, 1.82) is 0 Å². The van der Waals surface area contributed by atoms with Crippen LogP contribution in [0.2, 0.25) is 0 Å². The number of carboxylic acid groups (broad SMARTS) is 1. The van der Waals surface area contributed by atoms with Gasteiger partial charge >= 0.3 is 6.09 Å². The molecule has 2 aliphatic rings. The maximum absolute atomic E-state index is 12.9. The molecule has 1 aromatic rings. The normalized spacial score (nSPS) is 25.0. The predicted octanol–water partition coefficient (Wildman–Crippen LogP) is -0.279. The molecule has 3 rings (SSSR count). The van der Waals surface area contributed by atoms with Crippen molar-refractivity contribution in [3.63, 3.8) is 0 Å². The smallest absolute Gasteiger partial charge is 0.407 e. The molecule has 1 unspecified atom stereocenters. The molecule has 11 heteroatoms. The number of carbonyl (C=O) groups excluding carboxylic acids is 3. The summed E-state index contributed by atoms with van der Waals surface area (Å²) in [5.74, 6) is -1.42. The standard InChI is InChI=1S/C24H35N5O6/c25-14-21(32)27-24(28-22(33)19(30)10-9-16-6-2-1-3-7-16)13-17(29(15-24)23(34)35)12-20(31)18-8-4-5-11-26-18/h1-3,6-7,17-19,26,30H,4-5,8-15,25H2,(H,27,32)(H,28,33)(H,34,35)/t17-,18?,19-,24-/m1/s1. The van der Waals surface area contributed by atoms with Crippen LogP contribution in [0.1, 0.15) is 44.1 Å². The van der Waals surface area contributed by atoms with Crippen LogP contribution in [0.5, 0.6) is 0 Å². The second kappa shape index (κ2) is 12.1. The van der Waals surface area contributed by atoms with E-state index in [1.54, 1.807) is 0 Å². The predicted molar refractivity (Wildman–Crippen MR) is 127 cm³/mol. The van der Waals surface area contributed by atoms with Crippen molar-refractivity contribution in [3.8, 4) is 0 Å². The number of ketones is 1. The number of rotatable bonds is 10. The molecular weight excluding hydrogens is 454 g/mol. The van der Waals surface area contributed by atoms with Gasteiger partial charge in [0.15, 0.2) is 5.78 Å². The lowest BCUT2D eigenvalue weighted by Crippen LogP contribution is -2.64. The van der Waals surface area contributed by atoms with Crippen LogP contribution in [0.15, 0.2) is 30.3 Å². The van der Waals surface area contributed by atoms with Gasteiger partial charge in [-0.25, -0.2) is 4.79 Å². The van der Waals surface area contributed by atoms with E-state index in [4.69, 9.17) is 5.73 Å². The van der Waals surface area contributed by atoms with Gasteiger partial charge in [0.05, 0.1) is 19.1 Å². The largest absolute Gasteiger partial charge is 0.465 e. The highest BCUT2D eigenvalue weighted by atomic mass is 16.4. The van der Waals surface area contributed by atoms with Crippen molar-refractivity contribution in [2.45, 2.75) is 68.8 Å². The Hall–Kier alpha value is -3.02. The van der Waals surface area contributed by atoms with Crippen LogP contribution in [0.4, 0.5) is 4.79 Å². The number of piperidine rings is 1. The summed E-state index contributed by atoms with van der Waals surface area (Å²) in [5, 5.41) is 28.7. The third kappa shape index (κ3) is 7.23. The molecule has 7 N–H and O–H groups in total. The maximum Gasteiger partial charge on any atom is 0.407 e. The second-order valence-corrected chi connectivity index (χ2v) is 9.31. The number of nitrogens with zero attached hydrogens (tertiary/aromatic N) is 1. The van der Waals surface area contributed by atoms with Crippen LogP contribution in [-0.4, -0.2) is 82.3 Å². The number of nitrogens with two attached hydrogens (primary N) is 1. The van der Waals surface area contributed by atoms with Gasteiger partial charge in [0.2, 0.25) is 5.91 Å². The third-order valence-corrected chi connectivity index (χ3v) is 6.63. The van der Waals surface area contributed by atoms with Gasteiger partial charge < -0.3 is 36.8 Å². The summed E-state index contributed by atoms with van der Waals surface area (Å²) in [6.07, 6.45) is 0.522. The number of amides is 3. The molecule has 0 saturated carbocycles. The Kier molecular flexibility index (Phi) is 9.19. The lowest BCUT2D eigenvalue weighted by Gasteiger charge is -2.32. The second-order valence-electron chi connectivity index (χ2n) is 9.31. The zero-order valence-corrected chi connectivity index (χ0v) is 19.7. The Morgan fingerprint density at radius 1 is 1.17 bits per heavy atom. The molecule has 11 nitrogen and oxygen atoms in total. The number of carbonyl (C=O) groups is 4. The first-order chi connectivity index (χ1) is 16.7. The summed E-state index contributed by atoms with van der Waals surface area (Å²) in [7, 11) is 0. The molecule has 35 heavy (non-hydrogen) atoms. The molecule has 0 bridgehead atoms. The molecule has 3 amide bonds. The van der Waals surface area contributed by atoms with Crippen LogP contribution < -0.4 is 21.7 Å². The van der Waals surface area contributed by atoms with Crippen LogP contribution in [0, 0.1) is 0 Å². The van der Waals surface area contributed by atoms with Crippen molar-refractivity contribution in [1.82, 2.24) is 20.9 Å². The Morgan fingerprint density at radius 2 is 1.91 bits per heavy atom. The fourth-order valence-corrected chi connectivity index (χ4v) is 4.83. The molecule has 192 valence electrons. The number of Topliss-reactive ketones (excluding diaryl/α,β-unsaturated/α-hetero) is 1. The molecule has 0 aromatic heterocycles. The van der Waals surface area contributed by atoms with Gasteiger partial charge in [0.1, 0.15) is 11.8 Å². The number of likely N-dealkylation sites (tertiary alicyclic amines) is 1. The Bertz CT molecular complexity index is 907. The number of benzene rings is 1. The van der Waals surface area contributed by atoms with Crippen LogP contribution in [0.25, 0.3) is 0 Å². The highest BCUT2D eigenvalue weighted by Crippen LogP contribution is 2.29. The summed E-state index contributed by atoms with van der Waals surface area (Å²) in [6.45, 7) is 0.106. The molecule has 2 aliphatic heterocycles. The lowest BCUT2D eigenvalue weighted by atomic mass is 9.94. The minimum atomic E-state index is -1.48. The fourth-order valence-electron chi connectivity index (χ4n) is 4.83. The molecule has 0 radical (unpaired) electrons. The molecule has 4 atom stereocenters. The first kappa shape index (κ1) is 26.6. The van der Waals surface area contributed by atoms with Gasteiger partial charge in [-0.2, -0.15) is 0 Å². The number of aliphatic hydroxyl groups is 1. The van der Waals surface area contributed by atoms with E-state index in [2.05, 4.69) is 16.0 Å². The van der Waals surface area contributed by atoms with Gasteiger partial charge in [-0.3, -0.25) is 14.4 Å². The van der Waals surface area contributed by atoms with E-state index in [9.17, 15) is 29.4 Å². The Balaban J connectivity index is 1.71. The van der Waals surface area contributed by atoms with Crippen molar-refractivity contribution < 1.29 is 29.4 Å². The van der Waals surface area contributed by atoms with E-state index in [0.717, 1.165) is 29.8 Å². The molecule has 2 saturated heterocycles. The number of nitrogens with one attached hydrogen (secondary N) is 3. The SMILES string of the molecule is NCC(=O)N[C@@]1(NC(=O)[C@H](O)CCc2ccccc2)C[C@@H](CC(=O)C2CCCCN2)N(C(=O)O)C1. The van der Waals surface area contributed by atoms with E-state index >= 15 is 0 Å². The zero-order chi connectivity index (χ0) is 25.4. The average Bonchev–Trinajstić information content (AvgIpc) is 3.21. The zero-order valence-electron chi connectivity index (χ0n) is 19.7. The summed E-state index contributed by atoms with van der Waals surface area (Å²) >= 11 is 0. The Labute approximate surface area is 204 Å². The molecule has 1 aromatic carbocycles. The van der Waals surface area contributed by atoms with Gasteiger partial charge in [-0.05, 0) is 37.8 Å². The number of aliphatic hydroxyl groups excluding tert-OH is 1. The topological polar surface area (TPSA) is 174 Å². The van der Waals surface area contributed by atoms with Gasteiger partial charge in [0.25, 0.3) is 5.91 Å². The third-order valence-electron chi connectivity index (χ3n) is 6.63. The highest BCUT2D eigenvalue weighted by Gasteiger charge is 2.49. The van der Waals surface area contributed by atoms with Crippen LogP contribution >= 0.6 is 0 Å². The van der Waals surface area contributed by atoms with Crippen molar-refractivity contribution in [2.75, 3.05) is 19.6 Å². The number of aryl methyl sites for hydroxylation is 1.